The smallest absolute Gasteiger partial charge is 0.324 e. The molecule has 0 bridgehead atoms. The molecule has 184 valence electrons. The molecule has 1 aliphatic heterocycles. The topological polar surface area (TPSA) is 92.8 Å². The van der Waals surface area contributed by atoms with E-state index in [1.165, 1.54) is 11.0 Å². The van der Waals surface area contributed by atoms with Gasteiger partial charge < -0.3 is 9.64 Å². The molecule has 3 rings (SSSR count). The number of ether oxygens (including phenoxy) is 1. The van der Waals surface area contributed by atoms with Gasteiger partial charge in [0, 0.05) is 12.5 Å². The maximum absolute atomic E-state index is 14.2. The molecule has 0 unspecified atom stereocenters. The number of sulfone groups is 1. The second-order valence-corrected chi connectivity index (χ2v) is 12.5. The van der Waals surface area contributed by atoms with Crippen LogP contribution in [0.4, 0.5) is 9.18 Å². The van der Waals surface area contributed by atoms with Crippen LogP contribution in [0, 0.1) is 17.2 Å². The van der Waals surface area contributed by atoms with E-state index in [0.717, 1.165) is 18.4 Å². The summed E-state index contributed by atoms with van der Waals surface area (Å²) in [7, 11) is -3.35. The molecule has 9 heteroatoms. The first-order valence-electron chi connectivity index (χ1n) is 11.7. The summed E-state index contributed by atoms with van der Waals surface area (Å²) in [5.74, 6) is -0.321. The quantitative estimate of drug-likeness (QED) is 0.361. The van der Waals surface area contributed by atoms with Crippen LogP contribution in [0.1, 0.15) is 64.4 Å². The fraction of sp³-hybridized carbons (Fsp3) is 0.667. The van der Waals surface area contributed by atoms with Gasteiger partial charge in [-0.2, -0.15) is 0 Å². The average Bonchev–Trinajstić information content (AvgIpc) is 3.48. The number of amides is 3. The van der Waals surface area contributed by atoms with E-state index in [0.29, 0.717) is 38.3 Å². The van der Waals surface area contributed by atoms with Crippen molar-refractivity contribution in [2.24, 2.45) is 11.3 Å². The lowest BCUT2D eigenvalue weighted by Crippen LogP contribution is -2.29. The van der Waals surface area contributed by atoms with Gasteiger partial charge in [-0.15, -0.1) is 0 Å². The van der Waals surface area contributed by atoms with E-state index in [-0.39, 0.29) is 47.1 Å². The summed E-state index contributed by atoms with van der Waals surface area (Å²) in [5.41, 5.74) is 0.428. The van der Waals surface area contributed by atoms with Gasteiger partial charge in [-0.1, -0.05) is 33.3 Å². The van der Waals surface area contributed by atoms with Gasteiger partial charge in [0.2, 0.25) is 5.91 Å². The first-order valence-corrected chi connectivity index (χ1v) is 13.5. The van der Waals surface area contributed by atoms with Crippen molar-refractivity contribution in [3.05, 3.63) is 29.6 Å². The average molecular weight is 483 g/mol. The molecule has 2 fully saturated rings. The van der Waals surface area contributed by atoms with Gasteiger partial charge in [0.05, 0.1) is 18.1 Å². The predicted octanol–water partition coefficient (Wildman–Crippen LogP) is 3.88. The number of hydrogen-bond acceptors (Lipinski definition) is 5. The SMILES string of the molecule is CC(C)(C)[C@@H](CS(=O)(=O)CCCCCN1CC(=O)NC1=O)c1ccc(F)c(OCC2CC2)c1. The van der Waals surface area contributed by atoms with E-state index < -0.39 is 15.7 Å². The Hall–Kier alpha value is -2.16. The Labute approximate surface area is 196 Å². The predicted molar refractivity (Wildman–Crippen MR) is 124 cm³/mol. The zero-order valence-electron chi connectivity index (χ0n) is 19.7. The van der Waals surface area contributed by atoms with Crippen molar-refractivity contribution in [2.75, 3.05) is 31.2 Å². The van der Waals surface area contributed by atoms with Crippen molar-refractivity contribution in [3.63, 3.8) is 0 Å². The number of imide groups is 1. The minimum atomic E-state index is -3.35. The summed E-state index contributed by atoms with van der Waals surface area (Å²) < 4.78 is 45.8. The van der Waals surface area contributed by atoms with E-state index in [1.807, 2.05) is 20.8 Å². The molecule has 0 aromatic heterocycles. The summed E-state index contributed by atoms with van der Waals surface area (Å²) in [6.07, 6.45) is 3.98. The first kappa shape index (κ1) is 25.5. The van der Waals surface area contributed by atoms with Crippen LogP contribution in [-0.2, 0) is 14.6 Å². The van der Waals surface area contributed by atoms with E-state index in [2.05, 4.69) is 5.32 Å². The highest BCUT2D eigenvalue weighted by atomic mass is 32.2. The van der Waals surface area contributed by atoms with Crippen molar-refractivity contribution in [1.82, 2.24) is 10.2 Å². The molecule has 1 aromatic carbocycles. The molecule has 0 spiro atoms. The molecule has 1 heterocycles. The van der Waals surface area contributed by atoms with Crippen LogP contribution in [-0.4, -0.2) is 56.5 Å². The zero-order chi connectivity index (χ0) is 24.2. The summed E-state index contributed by atoms with van der Waals surface area (Å²) >= 11 is 0. The van der Waals surface area contributed by atoms with Crippen LogP contribution >= 0.6 is 0 Å². The molecule has 7 nitrogen and oxygen atoms in total. The Morgan fingerprint density at radius 3 is 2.52 bits per heavy atom. The lowest BCUT2D eigenvalue weighted by Gasteiger charge is -2.31. The third-order valence-electron chi connectivity index (χ3n) is 6.25. The third-order valence-corrected chi connectivity index (χ3v) is 8.00. The highest BCUT2D eigenvalue weighted by molar-refractivity contribution is 7.91. The summed E-state index contributed by atoms with van der Waals surface area (Å²) in [5, 5.41) is 2.23. The van der Waals surface area contributed by atoms with Gasteiger partial charge in [-0.3, -0.25) is 10.1 Å². The maximum atomic E-state index is 14.2. The van der Waals surface area contributed by atoms with Crippen LogP contribution in [0.2, 0.25) is 0 Å². The van der Waals surface area contributed by atoms with Gasteiger partial charge in [-0.05, 0) is 54.7 Å². The van der Waals surface area contributed by atoms with Gasteiger partial charge in [0.15, 0.2) is 21.4 Å². The highest BCUT2D eigenvalue weighted by Crippen LogP contribution is 2.38. The Bertz CT molecular complexity index is 970. The fourth-order valence-corrected chi connectivity index (χ4v) is 6.00. The van der Waals surface area contributed by atoms with Crippen LogP contribution in [0.25, 0.3) is 0 Å². The number of halogens is 1. The Morgan fingerprint density at radius 1 is 1.18 bits per heavy atom. The first-order chi connectivity index (χ1) is 15.4. The number of unbranched alkanes of at least 4 members (excludes halogenated alkanes) is 2. The monoisotopic (exact) mass is 482 g/mol. The van der Waals surface area contributed by atoms with Crippen molar-refractivity contribution in [2.45, 2.75) is 58.8 Å². The number of nitrogens with one attached hydrogen (secondary N) is 1. The van der Waals surface area contributed by atoms with Crippen molar-refractivity contribution >= 4 is 21.8 Å². The summed E-state index contributed by atoms with van der Waals surface area (Å²) in [6.45, 7) is 6.96. The van der Waals surface area contributed by atoms with Gasteiger partial charge >= 0.3 is 6.03 Å². The zero-order valence-corrected chi connectivity index (χ0v) is 20.5. The molecule has 2 aliphatic rings. The molecule has 33 heavy (non-hydrogen) atoms. The lowest BCUT2D eigenvalue weighted by molar-refractivity contribution is -0.118. The van der Waals surface area contributed by atoms with Gasteiger partial charge in [0.1, 0.15) is 6.54 Å². The van der Waals surface area contributed by atoms with E-state index >= 15 is 0 Å². The second-order valence-electron chi connectivity index (χ2n) is 10.3. The minimum absolute atomic E-state index is 0.0206. The lowest BCUT2D eigenvalue weighted by atomic mass is 9.77. The minimum Gasteiger partial charge on any atom is -0.490 e. The number of rotatable bonds is 12. The number of benzene rings is 1. The molecular weight excluding hydrogens is 447 g/mol. The number of carbonyl (C=O) groups is 2. The molecule has 1 atom stereocenters. The molecule has 1 aliphatic carbocycles. The molecule has 1 saturated heterocycles. The molecule has 3 amide bonds. The standard InChI is InChI=1S/C24H35FN2O5S/c1-24(2,3)19(18-9-10-20(25)21(13-18)32-15-17-7-8-17)16-33(30,31)12-6-4-5-11-27-14-22(28)26-23(27)29/h9-10,13,17,19H,4-8,11-12,14-16H2,1-3H3,(H,26,28,29)/t19-/m0/s1. The number of nitrogens with zero attached hydrogens (tertiary/aromatic N) is 1. The maximum Gasteiger partial charge on any atom is 0.324 e. The third kappa shape index (κ3) is 7.69. The largest absolute Gasteiger partial charge is 0.490 e. The van der Waals surface area contributed by atoms with E-state index in [4.69, 9.17) is 4.74 Å². The molecule has 1 saturated carbocycles. The molecule has 0 radical (unpaired) electrons. The molecular formula is C24H35FN2O5S. The fourth-order valence-electron chi connectivity index (χ4n) is 3.99. The molecule has 1 N–H and O–H groups in total. The number of carbonyl (C=O) groups excluding carboxylic acids is 2. The Balaban J connectivity index is 1.56. The number of hydrogen-bond donors (Lipinski definition) is 1. The Kier molecular flexibility index (Phi) is 8.03. The number of urea groups is 1. The van der Waals surface area contributed by atoms with E-state index in [9.17, 15) is 22.4 Å². The van der Waals surface area contributed by atoms with Crippen LogP contribution < -0.4 is 10.1 Å². The Morgan fingerprint density at radius 2 is 1.91 bits per heavy atom. The summed E-state index contributed by atoms with van der Waals surface area (Å²) in [6, 6.07) is 4.29. The van der Waals surface area contributed by atoms with Crippen molar-refractivity contribution in [3.8, 4) is 5.75 Å². The van der Waals surface area contributed by atoms with Gasteiger partial charge in [-0.25, -0.2) is 17.6 Å². The molecule has 1 aromatic rings. The highest BCUT2D eigenvalue weighted by Gasteiger charge is 2.32. The van der Waals surface area contributed by atoms with Crippen LogP contribution in [0.5, 0.6) is 5.75 Å². The summed E-state index contributed by atoms with van der Waals surface area (Å²) in [4.78, 5) is 24.2. The normalized spacial score (nSPS) is 17.9. The van der Waals surface area contributed by atoms with Crippen molar-refractivity contribution < 1.29 is 27.1 Å². The van der Waals surface area contributed by atoms with Crippen LogP contribution in [0.3, 0.4) is 0 Å². The van der Waals surface area contributed by atoms with Crippen LogP contribution in [0.15, 0.2) is 18.2 Å². The van der Waals surface area contributed by atoms with Crippen molar-refractivity contribution in [1.29, 1.82) is 0 Å². The van der Waals surface area contributed by atoms with Gasteiger partial charge in [0.25, 0.3) is 0 Å². The second kappa shape index (κ2) is 10.4. The van der Waals surface area contributed by atoms with E-state index in [1.54, 1.807) is 12.1 Å².